The van der Waals surface area contributed by atoms with E-state index in [9.17, 15) is 0 Å². The molecule has 0 bridgehead atoms. The number of aryl methyl sites for hydroxylation is 2. The van der Waals surface area contributed by atoms with Gasteiger partial charge in [-0.1, -0.05) is 29.8 Å². The summed E-state index contributed by atoms with van der Waals surface area (Å²) in [5, 5.41) is 0.579. The molecule has 19 heavy (non-hydrogen) atoms. The molecule has 0 saturated heterocycles. The second-order valence-corrected chi connectivity index (χ2v) is 5.26. The molecule has 2 rings (SSSR count). The van der Waals surface area contributed by atoms with Gasteiger partial charge in [-0.2, -0.15) is 0 Å². The van der Waals surface area contributed by atoms with Crippen LogP contribution < -0.4 is 10.5 Å². The van der Waals surface area contributed by atoms with Crippen LogP contribution in [0, 0.1) is 13.8 Å². The van der Waals surface area contributed by atoms with Crippen molar-refractivity contribution in [2.24, 2.45) is 5.73 Å². The zero-order valence-electron chi connectivity index (χ0n) is 11.4. The Balaban J connectivity index is 2.31. The largest absolute Gasteiger partial charge is 0.456 e. The zero-order chi connectivity index (χ0) is 14.0. The minimum Gasteiger partial charge on any atom is -0.456 e. The van der Waals surface area contributed by atoms with Crippen LogP contribution in [0.4, 0.5) is 0 Å². The molecule has 2 aromatic rings. The van der Waals surface area contributed by atoms with E-state index in [1.165, 1.54) is 0 Å². The van der Waals surface area contributed by atoms with Crippen LogP contribution in [-0.4, -0.2) is 0 Å². The molecule has 0 aliphatic rings. The fraction of sp³-hybridized carbons (Fsp3) is 0.250. The monoisotopic (exact) mass is 275 g/mol. The van der Waals surface area contributed by atoms with Crippen molar-refractivity contribution in [3.8, 4) is 11.5 Å². The molecule has 1 atom stereocenters. The molecule has 0 aliphatic heterocycles. The lowest BCUT2D eigenvalue weighted by atomic mass is 10.1. The summed E-state index contributed by atoms with van der Waals surface area (Å²) in [6, 6.07) is 11.7. The molecule has 0 spiro atoms. The van der Waals surface area contributed by atoms with E-state index < -0.39 is 0 Å². The number of rotatable bonds is 3. The van der Waals surface area contributed by atoms with Crippen LogP contribution in [0.3, 0.4) is 0 Å². The molecular formula is C16H18ClNO. The van der Waals surface area contributed by atoms with E-state index in [0.717, 1.165) is 22.4 Å². The Morgan fingerprint density at radius 2 is 1.79 bits per heavy atom. The molecule has 2 N–H and O–H groups in total. The average Bonchev–Trinajstić information content (AvgIpc) is 2.36. The van der Waals surface area contributed by atoms with Crippen molar-refractivity contribution in [2.45, 2.75) is 26.8 Å². The van der Waals surface area contributed by atoms with E-state index in [1.54, 1.807) is 0 Å². The topological polar surface area (TPSA) is 35.2 Å². The van der Waals surface area contributed by atoms with E-state index in [0.29, 0.717) is 10.8 Å². The Morgan fingerprint density at radius 1 is 1.05 bits per heavy atom. The predicted molar refractivity (Wildman–Crippen MR) is 80.0 cm³/mol. The van der Waals surface area contributed by atoms with E-state index in [4.69, 9.17) is 22.1 Å². The summed E-state index contributed by atoms with van der Waals surface area (Å²) in [6.07, 6.45) is 0. The quantitative estimate of drug-likeness (QED) is 0.876. The van der Waals surface area contributed by atoms with Gasteiger partial charge in [-0.3, -0.25) is 0 Å². The van der Waals surface area contributed by atoms with E-state index in [2.05, 4.69) is 6.07 Å². The van der Waals surface area contributed by atoms with Crippen molar-refractivity contribution >= 4 is 11.6 Å². The van der Waals surface area contributed by atoms with Crippen LogP contribution in [0.1, 0.15) is 29.7 Å². The third kappa shape index (κ3) is 3.28. The minimum atomic E-state index is -0.0349. The van der Waals surface area contributed by atoms with Gasteiger partial charge in [0.15, 0.2) is 0 Å². The molecule has 0 heterocycles. The fourth-order valence-corrected chi connectivity index (χ4v) is 2.05. The van der Waals surface area contributed by atoms with Crippen LogP contribution in [0.5, 0.6) is 11.5 Å². The van der Waals surface area contributed by atoms with Crippen LogP contribution >= 0.6 is 11.6 Å². The summed E-state index contributed by atoms with van der Waals surface area (Å²) < 4.78 is 5.88. The second kappa shape index (κ2) is 5.64. The van der Waals surface area contributed by atoms with Crippen molar-refractivity contribution in [1.29, 1.82) is 0 Å². The molecule has 100 valence electrons. The van der Waals surface area contributed by atoms with Gasteiger partial charge in [-0.15, -0.1) is 0 Å². The number of benzene rings is 2. The molecule has 1 unspecified atom stereocenters. The first-order chi connectivity index (χ1) is 8.97. The average molecular weight is 276 g/mol. The van der Waals surface area contributed by atoms with Crippen LogP contribution in [0.25, 0.3) is 0 Å². The fourth-order valence-electron chi connectivity index (χ4n) is 1.82. The van der Waals surface area contributed by atoms with Gasteiger partial charge in [0, 0.05) is 6.04 Å². The maximum Gasteiger partial charge on any atom is 0.146 e. The van der Waals surface area contributed by atoms with Crippen molar-refractivity contribution in [1.82, 2.24) is 0 Å². The number of hydrogen-bond acceptors (Lipinski definition) is 2. The lowest BCUT2D eigenvalue weighted by molar-refractivity contribution is 0.478. The van der Waals surface area contributed by atoms with Gasteiger partial charge >= 0.3 is 0 Å². The lowest BCUT2D eigenvalue weighted by Gasteiger charge is -2.13. The maximum atomic E-state index is 6.23. The Labute approximate surface area is 119 Å². The highest BCUT2D eigenvalue weighted by molar-refractivity contribution is 6.32. The zero-order valence-corrected chi connectivity index (χ0v) is 12.2. The van der Waals surface area contributed by atoms with Crippen molar-refractivity contribution in [2.75, 3.05) is 0 Å². The Morgan fingerprint density at radius 3 is 2.42 bits per heavy atom. The van der Waals surface area contributed by atoms with Gasteiger partial charge < -0.3 is 10.5 Å². The highest BCUT2D eigenvalue weighted by Crippen LogP contribution is 2.33. The molecule has 0 amide bonds. The van der Waals surface area contributed by atoms with Crippen LogP contribution in [0.15, 0.2) is 36.4 Å². The van der Waals surface area contributed by atoms with Gasteiger partial charge in [0.2, 0.25) is 0 Å². The Kier molecular flexibility index (Phi) is 4.13. The van der Waals surface area contributed by atoms with Gasteiger partial charge in [0.05, 0.1) is 5.02 Å². The first-order valence-corrected chi connectivity index (χ1v) is 6.65. The van der Waals surface area contributed by atoms with Gasteiger partial charge in [0.25, 0.3) is 0 Å². The van der Waals surface area contributed by atoms with Crippen molar-refractivity contribution in [3.63, 3.8) is 0 Å². The van der Waals surface area contributed by atoms with Crippen LogP contribution in [0.2, 0.25) is 5.02 Å². The Bertz CT molecular complexity index is 593. The smallest absolute Gasteiger partial charge is 0.146 e. The first-order valence-electron chi connectivity index (χ1n) is 6.27. The molecule has 0 aliphatic carbocycles. The highest BCUT2D eigenvalue weighted by atomic mass is 35.5. The number of halogens is 1. The molecule has 2 nitrogen and oxygen atoms in total. The van der Waals surface area contributed by atoms with Gasteiger partial charge in [-0.25, -0.2) is 0 Å². The summed E-state index contributed by atoms with van der Waals surface area (Å²) >= 11 is 6.23. The molecule has 0 aromatic heterocycles. The maximum absolute atomic E-state index is 6.23. The lowest BCUT2D eigenvalue weighted by Crippen LogP contribution is -2.04. The highest BCUT2D eigenvalue weighted by Gasteiger charge is 2.08. The SMILES string of the molecule is Cc1ccc(C)c(Oc2ccc(C(C)N)cc2Cl)c1. The number of ether oxygens (including phenoxy) is 1. The van der Waals surface area contributed by atoms with E-state index in [-0.39, 0.29) is 6.04 Å². The van der Waals surface area contributed by atoms with Crippen molar-refractivity contribution in [3.05, 3.63) is 58.1 Å². The summed E-state index contributed by atoms with van der Waals surface area (Å²) in [6.45, 7) is 5.98. The first kappa shape index (κ1) is 13.9. The van der Waals surface area contributed by atoms with Crippen LogP contribution in [-0.2, 0) is 0 Å². The minimum absolute atomic E-state index is 0.0349. The number of hydrogen-bond donors (Lipinski definition) is 1. The number of nitrogens with two attached hydrogens (primary N) is 1. The van der Waals surface area contributed by atoms with E-state index >= 15 is 0 Å². The summed E-state index contributed by atoms with van der Waals surface area (Å²) in [5.41, 5.74) is 9.07. The third-order valence-electron chi connectivity index (χ3n) is 3.05. The predicted octanol–water partition coefficient (Wildman–Crippen LogP) is 4.77. The third-order valence-corrected chi connectivity index (χ3v) is 3.34. The normalized spacial score (nSPS) is 12.3. The molecule has 0 radical (unpaired) electrons. The molecule has 0 saturated carbocycles. The summed E-state index contributed by atoms with van der Waals surface area (Å²) in [4.78, 5) is 0. The molecule has 0 fully saturated rings. The molecular weight excluding hydrogens is 258 g/mol. The summed E-state index contributed by atoms with van der Waals surface area (Å²) in [5.74, 6) is 1.48. The molecule has 2 aromatic carbocycles. The second-order valence-electron chi connectivity index (χ2n) is 4.85. The molecule has 3 heteroatoms. The van der Waals surface area contributed by atoms with Gasteiger partial charge in [0.1, 0.15) is 11.5 Å². The van der Waals surface area contributed by atoms with Gasteiger partial charge in [-0.05, 0) is 55.7 Å². The Hall–Kier alpha value is -1.51. The summed E-state index contributed by atoms with van der Waals surface area (Å²) in [7, 11) is 0. The standard InChI is InChI=1S/C16H18ClNO/c1-10-4-5-11(2)16(8-10)19-15-7-6-13(12(3)18)9-14(15)17/h4-9,12H,18H2,1-3H3. The van der Waals surface area contributed by atoms with E-state index in [1.807, 2.05) is 51.1 Å². The van der Waals surface area contributed by atoms with Crippen molar-refractivity contribution < 1.29 is 4.74 Å².